The maximum absolute atomic E-state index is 11.0. The third-order valence-electron chi connectivity index (χ3n) is 1.86. The maximum atomic E-state index is 11.0. The van der Waals surface area contributed by atoms with Crippen molar-refractivity contribution in [1.29, 1.82) is 0 Å². The molecule has 0 saturated carbocycles. The van der Waals surface area contributed by atoms with E-state index in [2.05, 4.69) is 5.32 Å². The Bertz CT molecular complexity index is 334. The molecule has 0 spiro atoms. The van der Waals surface area contributed by atoms with Crippen LogP contribution in [0, 0.1) is 0 Å². The van der Waals surface area contributed by atoms with Crippen molar-refractivity contribution in [1.82, 2.24) is 10.2 Å². The summed E-state index contributed by atoms with van der Waals surface area (Å²) in [6, 6.07) is 0. The van der Waals surface area contributed by atoms with Gasteiger partial charge in [-0.05, 0) is 12.2 Å². The summed E-state index contributed by atoms with van der Waals surface area (Å²) in [5.41, 5.74) is 0. The molecule has 1 N–H and O–H groups in total. The first-order valence-electron chi connectivity index (χ1n) is 4.56. The fourth-order valence-electron chi connectivity index (χ4n) is 1.27. The highest BCUT2D eigenvalue weighted by Gasteiger charge is 2.22. The summed E-state index contributed by atoms with van der Waals surface area (Å²) in [5.74, 6) is -0.164. The fraction of sp³-hybridized carbons (Fsp3) is 0.400. The highest BCUT2D eigenvalue weighted by atomic mass is 16.5. The Morgan fingerprint density at radius 3 is 2.67 bits per heavy atom. The molecule has 15 heavy (non-hydrogen) atoms. The van der Waals surface area contributed by atoms with Gasteiger partial charge < -0.3 is 15.0 Å². The van der Waals surface area contributed by atoms with E-state index in [9.17, 15) is 9.59 Å². The highest BCUT2D eigenvalue weighted by Crippen LogP contribution is 2.14. The lowest BCUT2D eigenvalue weighted by Gasteiger charge is -2.30. The fourth-order valence-corrected chi connectivity index (χ4v) is 1.27. The standard InChI is InChI=1S/C10H14N2O3/c1-7(13)11-10-9(15-8(2)14)5-4-6-12(10)3/h4-6,10H,1-3H3,(H,11,13). The molecule has 1 rings (SSSR count). The number of hydrogen-bond donors (Lipinski definition) is 1. The van der Waals surface area contributed by atoms with E-state index in [0.717, 1.165) is 0 Å². The van der Waals surface area contributed by atoms with Crippen LogP contribution in [0.4, 0.5) is 0 Å². The first kappa shape index (κ1) is 11.3. The summed E-state index contributed by atoms with van der Waals surface area (Å²) < 4.78 is 4.99. The van der Waals surface area contributed by atoms with Gasteiger partial charge in [0.05, 0.1) is 0 Å². The Labute approximate surface area is 88.4 Å². The summed E-state index contributed by atoms with van der Waals surface area (Å²) in [5, 5.41) is 2.68. The van der Waals surface area contributed by atoms with Gasteiger partial charge in [-0.25, -0.2) is 0 Å². The number of carbonyl (C=O) groups is 2. The molecule has 1 atom stereocenters. The summed E-state index contributed by atoms with van der Waals surface area (Å²) >= 11 is 0. The molecule has 0 fully saturated rings. The number of amides is 1. The highest BCUT2D eigenvalue weighted by molar-refractivity contribution is 5.74. The molecule has 5 nitrogen and oxygen atoms in total. The van der Waals surface area contributed by atoms with Crippen molar-refractivity contribution < 1.29 is 14.3 Å². The number of nitrogens with one attached hydrogen (secondary N) is 1. The average Bonchev–Trinajstić information content (AvgIpc) is 2.09. The van der Waals surface area contributed by atoms with Crippen molar-refractivity contribution in [2.75, 3.05) is 7.05 Å². The van der Waals surface area contributed by atoms with Gasteiger partial charge >= 0.3 is 5.97 Å². The molecule has 0 saturated heterocycles. The van der Waals surface area contributed by atoms with Gasteiger partial charge in [-0.1, -0.05) is 0 Å². The van der Waals surface area contributed by atoms with Crippen LogP contribution < -0.4 is 5.32 Å². The lowest BCUT2D eigenvalue weighted by atomic mass is 10.2. The molecule has 1 heterocycles. The summed E-state index contributed by atoms with van der Waals surface area (Å²) in [4.78, 5) is 23.5. The molecule has 1 amide bonds. The number of nitrogens with zero attached hydrogens (tertiary/aromatic N) is 1. The SMILES string of the molecule is CC(=O)NC1C(OC(C)=O)=CC=CN1C. The molecular weight excluding hydrogens is 196 g/mol. The molecule has 1 unspecified atom stereocenters. The van der Waals surface area contributed by atoms with Crippen LogP contribution >= 0.6 is 0 Å². The Morgan fingerprint density at radius 2 is 2.13 bits per heavy atom. The smallest absolute Gasteiger partial charge is 0.307 e. The van der Waals surface area contributed by atoms with Crippen molar-refractivity contribution in [2.24, 2.45) is 0 Å². The van der Waals surface area contributed by atoms with Gasteiger partial charge in [0.2, 0.25) is 5.91 Å². The van der Waals surface area contributed by atoms with Gasteiger partial charge in [0, 0.05) is 27.1 Å². The van der Waals surface area contributed by atoms with Crippen molar-refractivity contribution >= 4 is 11.9 Å². The molecule has 1 aliphatic heterocycles. The summed E-state index contributed by atoms with van der Waals surface area (Å²) in [6.07, 6.45) is 4.77. The lowest BCUT2D eigenvalue weighted by Crippen LogP contribution is -2.46. The number of hydrogen-bond acceptors (Lipinski definition) is 4. The quantitative estimate of drug-likeness (QED) is 0.668. The van der Waals surface area contributed by atoms with Crippen LogP contribution in [-0.4, -0.2) is 30.0 Å². The monoisotopic (exact) mass is 210 g/mol. The zero-order chi connectivity index (χ0) is 11.4. The third-order valence-corrected chi connectivity index (χ3v) is 1.86. The van der Waals surface area contributed by atoms with E-state index < -0.39 is 12.1 Å². The van der Waals surface area contributed by atoms with Gasteiger partial charge in [-0.3, -0.25) is 9.59 Å². The molecular formula is C10H14N2O3. The Morgan fingerprint density at radius 1 is 1.47 bits per heavy atom. The van der Waals surface area contributed by atoms with E-state index in [1.165, 1.54) is 13.8 Å². The summed E-state index contributed by atoms with van der Waals surface area (Å²) in [6.45, 7) is 2.74. The van der Waals surface area contributed by atoms with Gasteiger partial charge in [-0.15, -0.1) is 0 Å². The zero-order valence-electron chi connectivity index (χ0n) is 8.98. The van der Waals surface area contributed by atoms with E-state index in [1.807, 2.05) is 0 Å². The molecule has 5 heteroatoms. The molecule has 82 valence electrons. The van der Waals surface area contributed by atoms with Crippen molar-refractivity contribution in [3.8, 4) is 0 Å². The number of rotatable bonds is 2. The molecule has 0 bridgehead atoms. The largest absolute Gasteiger partial charge is 0.427 e. The van der Waals surface area contributed by atoms with Crippen LogP contribution in [0.3, 0.4) is 0 Å². The van der Waals surface area contributed by atoms with Crippen LogP contribution in [0.15, 0.2) is 24.1 Å². The lowest BCUT2D eigenvalue weighted by molar-refractivity contribution is -0.138. The number of carbonyl (C=O) groups excluding carboxylic acids is 2. The number of allylic oxidation sites excluding steroid dienone is 2. The van der Waals surface area contributed by atoms with E-state index in [-0.39, 0.29) is 5.91 Å². The molecule has 1 aliphatic rings. The van der Waals surface area contributed by atoms with Gasteiger partial charge in [-0.2, -0.15) is 0 Å². The Kier molecular flexibility index (Phi) is 3.49. The van der Waals surface area contributed by atoms with Crippen LogP contribution in [-0.2, 0) is 14.3 Å². The second kappa shape index (κ2) is 4.63. The Balaban J connectivity index is 2.79. The zero-order valence-corrected chi connectivity index (χ0v) is 8.98. The molecule has 0 aromatic heterocycles. The second-order valence-electron chi connectivity index (χ2n) is 3.27. The van der Waals surface area contributed by atoms with Crippen molar-refractivity contribution in [3.05, 3.63) is 24.1 Å². The molecule has 0 aromatic rings. The second-order valence-corrected chi connectivity index (χ2v) is 3.27. The normalized spacial score (nSPS) is 19.5. The van der Waals surface area contributed by atoms with Crippen LogP contribution in [0.2, 0.25) is 0 Å². The first-order valence-corrected chi connectivity index (χ1v) is 4.56. The molecule has 0 aliphatic carbocycles. The van der Waals surface area contributed by atoms with E-state index in [4.69, 9.17) is 4.74 Å². The van der Waals surface area contributed by atoms with E-state index in [0.29, 0.717) is 5.76 Å². The molecule has 0 radical (unpaired) electrons. The number of esters is 1. The predicted molar refractivity (Wildman–Crippen MR) is 54.4 cm³/mol. The van der Waals surface area contributed by atoms with Crippen LogP contribution in [0.1, 0.15) is 13.8 Å². The Hall–Kier alpha value is -1.78. The van der Waals surface area contributed by atoms with Gasteiger partial charge in [0.1, 0.15) is 0 Å². The van der Waals surface area contributed by atoms with Crippen molar-refractivity contribution in [3.63, 3.8) is 0 Å². The minimum absolute atomic E-state index is 0.180. The maximum Gasteiger partial charge on any atom is 0.307 e. The minimum atomic E-state index is -0.420. The number of ether oxygens (including phenoxy) is 1. The number of likely N-dealkylation sites (N-methyl/N-ethyl adjacent to an activating group) is 1. The summed E-state index contributed by atoms with van der Waals surface area (Å²) in [7, 11) is 1.79. The first-order chi connectivity index (χ1) is 7.00. The van der Waals surface area contributed by atoms with Gasteiger partial charge in [0.15, 0.2) is 11.9 Å². The predicted octanol–water partition coefficient (Wildman–Crippen LogP) is 0.355. The van der Waals surface area contributed by atoms with Crippen molar-refractivity contribution in [2.45, 2.75) is 20.0 Å². The minimum Gasteiger partial charge on any atom is -0.427 e. The van der Waals surface area contributed by atoms with Crippen LogP contribution in [0.25, 0.3) is 0 Å². The van der Waals surface area contributed by atoms with E-state index >= 15 is 0 Å². The topological polar surface area (TPSA) is 58.6 Å². The molecule has 0 aromatic carbocycles. The van der Waals surface area contributed by atoms with E-state index in [1.54, 1.807) is 30.3 Å². The van der Waals surface area contributed by atoms with Gasteiger partial charge in [0.25, 0.3) is 0 Å². The third kappa shape index (κ3) is 3.12. The average molecular weight is 210 g/mol. The van der Waals surface area contributed by atoms with Crippen LogP contribution in [0.5, 0.6) is 0 Å².